The Morgan fingerprint density at radius 2 is 1.77 bits per heavy atom. The molecule has 3 heterocycles. The van der Waals surface area contributed by atoms with Crippen LogP contribution < -0.4 is 19.7 Å². The topological polar surface area (TPSA) is 51.5 Å². The minimum Gasteiger partial charge on any atom is -0.497 e. The Morgan fingerprint density at radius 1 is 0.914 bits per heavy atom. The second kappa shape index (κ2) is 9.43. The van der Waals surface area contributed by atoms with Crippen LogP contribution in [-0.2, 0) is 0 Å². The molecule has 1 fully saturated rings. The van der Waals surface area contributed by atoms with E-state index < -0.39 is 0 Å². The van der Waals surface area contributed by atoms with Crippen LogP contribution in [0.15, 0.2) is 79.1 Å². The molecule has 178 valence electrons. The second-order valence-corrected chi connectivity index (χ2v) is 8.99. The van der Waals surface area contributed by atoms with Crippen molar-refractivity contribution in [3.05, 3.63) is 102 Å². The predicted octanol–water partition coefficient (Wildman–Crippen LogP) is 5.68. The molecule has 1 N–H and O–H groups in total. The summed E-state index contributed by atoms with van der Waals surface area (Å²) in [5, 5.41) is 4.14. The first-order valence-corrected chi connectivity index (χ1v) is 11.9. The molecule has 2 aromatic heterocycles. The Kier molecular flexibility index (Phi) is 6.17. The van der Waals surface area contributed by atoms with Gasteiger partial charge in [0.25, 0.3) is 0 Å². The van der Waals surface area contributed by atoms with Crippen molar-refractivity contribution in [3.8, 4) is 17.2 Å². The molecule has 0 amide bonds. The summed E-state index contributed by atoms with van der Waals surface area (Å²) in [5.41, 5.74) is 6.49. The van der Waals surface area contributed by atoms with Gasteiger partial charge in [0.2, 0.25) is 0 Å². The molecule has 0 spiro atoms. The van der Waals surface area contributed by atoms with Gasteiger partial charge in [0.05, 0.1) is 31.6 Å². The minimum absolute atomic E-state index is 0.157. The zero-order chi connectivity index (χ0) is 24.5. The first-order chi connectivity index (χ1) is 17.0. The van der Waals surface area contributed by atoms with E-state index in [1.807, 2.05) is 42.6 Å². The quantitative estimate of drug-likeness (QED) is 0.355. The lowest BCUT2D eigenvalue weighted by Gasteiger charge is -2.30. The maximum atomic E-state index is 5.91. The minimum atomic E-state index is -0.170. The highest BCUT2D eigenvalue weighted by molar-refractivity contribution is 7.80. The van der Waals surface area contributed by atoms with Crippen molar-refractivity contribution in [1.82, 2.24) is 14.9 Å². The maximum Gasteiger partial charge on any atom is 0.174 e. The molecule has 6 nitrogen and oxygen atoms in total. The Hall–Kier alpha value is -3.84. The Morgan fingerprint density at radius 3 is 2.49 bits per heavy atom. The highest BCUT2D eigenvalue weighted by Crippen LogP contribution is 2.45. The summed E-state index contributed by atoms with van der Waals surface area (Å²) in [6.07, 6.45) is 3.91. The van der Waals surface area contributed by atoms with E-state index in [1.54, 1.807) is 14.2 Å². The summed E-state index contributed by atoms with van der Waals surface area (Å²) in [5.74, 6) is 1.41. The summed E-state index contributed by atoms with van der Waals surface area (Å²) in [6.45, 7) is 4.27. The third-order valence-electron chi connectivity index (χ3n) is 6.60. The number of nitrogens with zero attached hydrogens (tertiary/aromatic N) is 3. The van der Waals surface area contributed by atoms with E-state index in [-0.39, 0.29) is 12.1 Å². The van der Waals surface area contributed by atoms with Crippen LogP contribution in [0.4, 0.5) is 5.69 Å². The number of rotatable bonds is 6. The Balaban J connectivity index is 1.69. The van der Waals surface area contributed by atoms with Crippen molar-refractivity contribution >= 4 is 23.0 Å². The van der Waals surface area contributed by atoms with E-state index in [2.05, 4.69) is 70.1 Å². The zero-order valence-electron chi connectivity index (χ0n) is 20.2. The van der Waals surface area contributed by atoms with Gasteiger partial charge in [0.1, 0.15) is 17.5 Å². The summed E-state index contributed by atoms with van der Waals surface area (Å²) >= 11 is 5.91. The molecule has 1 saturated heterocycles. The molecule has 0 radical (unpaired) electrons. The van der Waals surface area contributed by atoms with Gasteiger partial charge >= 0.3 is 0 Å². The number of ether oxygens (including phenoxy) is 2. The number of pyridine rings is 1. The number of thiocarbonyl (C=S) groups is 1. The monoisotopic (exact) mass is 484 g/mol. The van der Waals surface area contributed by atoms with Crippen LogP contribution in [0.1, 0.15) is 34.6 Å². The summed E-state index contributed by atoms with van der Waals surface area (Å²) in [6, 6.07) is 22.2. The van der Waals surface area contributed by atoms with Crippen LogP contribution in [0.2, 0.25) is 0 Å². The fourth-order valence-corrected chi connectivity index (χ4v) is 4.98. The largest absolute Gasteiger partial charge is 0.497 e. The van der Waals surface area contributed by atoms with E-state index in [1.165, 1.54) is 11.1 Å². The lowest BCUT2D eigenvalue weighted by atomic mass is 10.00. The van der Waals surface area contributed by atoms with Crippen LogP contribution in [0, 0.1) is 13.8 Å². The number of hydrogen-bond donors (Lipinski definition) is 1. The van der Waals surface area contributed by atoms with Crippen LogP contribution >= 0.6 is 12.2 Å². The van der Waals surface area contributed by atoms with Crippen LogP contribution in [0.5, 0.6) is 11.5 Å². The molecule has 35 heavy (non-hydrogen) atoms. The third kappa shape index (κ3) is 4.12. The van der Waals surface area contributed by atoms with Gasteiger partial charge in [0.15, 0.2) is 5.11 Å². The van der Waals surface area contributed by atoms with E-state index in [0.29, 0.717) is 10.9 Å². The Labute approximate surface area is 211 Å². The van der Waals surface area contributed by atoms with Gasteiger partial charge in [-0.3, -0.25) is 4.98 Å². The molecule has 1 aliphatic heterocycles. The SMILES string of the molecule is COc1ccc(N2C(=S)N[C@@H](c3ccccn3)[C@H]2c2cccn2-c2ccc(C)c(C)c2)c(OC)c1. The average molecular weight is 485 g/mol. The Bertz CT molecular complexity index is 1370. The van der Waals surface area contributed by atoms with Gasteiger partial charge in [-0.05, 0) is 85.7 Å². The summed E-state index contributed by atoms with van der Waals surface area (Å²) in [4.78, 5) is 6.80. The number of hydrogen-bond acceptors (Lipinski definition) is 4. The molecule has 4 aromatic rings. The van der Waals surface area contributed by atoms with Gasteiger partial charge < -0.3 is 24.3 Å². The predicted molar refractivity (Wildman–Crippen MR) is 143 cm³/mol. The molecule has 0 aliphatic carbocycles. The van der Waals surface area contributed by atoms with Crippen molar-refractivity contribution in [3.63, 3.8) is 0 Å². The second-order valence-electron chi connectivity index (χ2n) is 8.61. The summed E-state index contributed by atoms with van der Waals surface area (Å²) < 4.78 is 13.4. The molecule has 1 aliphatic rings. The average Bonchev–Trinajstić information content (AvgIpc) is 3.50. The van der Waals surface area contributed by atoms with Crippen LogP contribution in [0.25, 0.3) is 5.69 Å². The fourth-order valence-electron chi connectivity index (χ4n) is 4.64. The number of methoxy groups -OCH3 is 2. The van der Waals surface area contributed by atoms with E-state index >= 15 is 0 Å². The normalized spacial score (nSPS) is 17.4. The highest BCUT2D eigenvalue weighted by atomic mass is 32.1. The number of aromatic nitrogens is 2. The molecule has 5 rings (SSSR count). The van der Waals surface area contributed by atoms with Gasteiger partial charge in [-0.15, -0.1) is 0 Å². The highest BCUT2D eigenvalue weighted by Gasteiger charge is 2.43. The van der Waals surface area contributed by atoms with Crippen LogP contribution in [0.3, 0.4) is 0 Å². The zero-order valence-corrected chi connectivity index (χ0v) is 21.0. The molecular formula is C28H28N4O2S. The lowest BCUT2D eigenvalue weighted by Crippen LogP contribution is -2.30. The fraction of sp³-hybridized carbons (Fsp3) is 0.214. The molecule has 7 heteroatoms. The van der Waals surface area contributed by atoms with E-state index in [9.17, 15) is 0 Å². The van der Waals surface area contributed by atoms with Gasteiger partial charge in [-0.2, -0.15) is 0 Å². The van der Waals surface area contributed by atoms with Crippen molar-refractivity contribution in [2.24, 2.45) is 0 Å². The summed E-state index contributed by atoms with van der Waals surface area (Å²) in [7, 11) is 3.31. The van der Waals surface area contributed by atoms with Crippen molar-refractivity contribution in [2.75, 3.05) is 19.1 Å². The van der Waals surface area contributed by atoms with Crippen LogP contribution in [-0.4, -0.2) is 28.9 Å². The lowest BCUT2D eigenvalue weighted by molar-refractivity contribution is 0.394. The van der Waals surface area contributed by atoms with Crippen molar-refractivity contribution in [2.45, 2.75) is 25.9 Å². The molecular weight excluding hydrogens is 456 g/mol. The maximum absolute atomic E-state index is 5.91. The number of anilines is 1. The van der Waals surface area contributed by atoms with E-state index in [4.69, 9.17) is 21.7 Å². The first kappa shape index (κ1) is 22.9. The van der Waals surface area contributed by atoms with Gasteiger partial charge in [0, 0.05) is 29.8 Å². The molecule has 2 aromatic carbocycles. The van der Waals surface area contributed by atoms with Gasteiger partial charge in [-0.25, -0.2) is 0 Å². The number of nitrogens with one attached hydrogen (secondary N) is 1. The first-order valence-electron chi connectivity index (χ1n) is 11.5. The molecule has 2 atom stereocenters. The number of aryl methyl sites for hydroxylation is 2. The van der Waals surface area contributed by atoms with Crippen molar-refractivity contribution in [1.29, 1.82) is 0 Å². The van der Waals surface area contributed by atoms with E-state index in [0.717, 1.165) is 28.5 Å². The molecule has 0 bridgehead atoms. The number of benzene rings is 2. The molecule has 0 unspecified atom stereocenters. The van der Waals surface area contributed by atoms with Crippen molar-refractivity contribution < 1.29 is 9.47 Å². The molecule has 0 saturated carbocycles. The standard InChI is InChI=1S/C28H28N4O2S/c1-18-10-11-20(16-19(18)2)31-15-7-9-24(31)27-26(22-8-5-6-14-29-22)30-28(35)32(27)23-13-12-21(33-3)17-25(23)34-4/h5-17,26-27H,1-4H3,(H,30,35)/t26-,27+/m0/s1. The van der Waals surface area contributed by atoms with Gasteiger partial charge in [-0.1, -0.05) is 12.1 Å². The third-order valence-corrected chi connectivity index (χ3v) is 6.91. The smallest absolute Gasteiger partial charge is 0.174 e.